The molecule has 6 heteroatoms. The number of rotatable bonds is 4. The van der Waals surface area contributed by atoms with Crippen molar-refractivity contribution in [3.05, 3.63) is 35.4 Å². The molecule has 1 aromatic rings. The fourth-order valence-corrected chi connectivity index (χ4v) is 2.61. The second-order valence-corrected chi connectivity index (χ2v) is 5.17. The third-order valence-electron chi connectivity index (χ3n) is 3.72. The molecule has 1 aliphatic rings. The van der Waals surface area contributed by atoms with Crippen molar-refractivity contribution >= 4 is 11.9 Å². The van der Waals surface area contributed by atoms with Crippen molar-refractivity contribution in [2.75, 3.05) is 6.54 Å². The van der Waals surface area contributed by atoms with Gasteiger partial charge in [-0.2, -0.15) is 0 Å². The summed E-state index contributed by atoms with van der Waals surface area (Å²) in [5.41, 5.74) is 0.132. The molecule has 21 heavy (non-hydrogen) atoms. The first-order chi connectivity index (χ1) is 9.99. The lowest BCUT2D eigenvalue weighted by molar-refractivity contribution is -0.152. The smallest absolute Gasteiger partial charge is 0.326 e. The van der Waals surface area contributed by atoms with E-state index >= 15 is 0 Å². The second kappa shape index (κ2) is 6.65. The molecule has 1 amide bonds. The summed E-state index contributed by atoms with van der Waals surface area (Å²) >= 11 is 0. The lowest BCUT2D eigenvalue weighted by Gasteiger charge is -2.33. The van der Waals surface area contributed by atoms with Crippen molar-refractivity contribution in [1.82, 2.24) is 4.90 Å². The number of hydrogen-bond acceptors (Lipinski definition) is 2. The van der Waals surface area contributed by atoms with Crippen LogP contribution in [-0.4, -0.2) is 34.5 Å². The second-order valence-electron chi connectivity index (χ2n) is 5.17. The first-order valence-electron chi connectivity index (χ1n) is 6.95. The Balaban J connectivity index is 2.00. The topological polar surface area (TPSA) is 57.6 Å². The van der Waals surface area contributed by atoms with Gasteiger partial charge < -0.3 is 10.0 Å². The van der Waals surface area contributed by atoms with E-state index in [4.69, 9.17) is 5.11 Å². The van der Waals surface area contributed by atoms with Crippen molar-refractivity contribution in [3.63, 3.8) is 0 Å². The molecule has 114 valence electrons. The third kappa shape index (κ3) is 3.77. The van der Waals surface area contributed by atoms with Gasteiger partial charge >= 0.3 is 5.97 Å². The van der Waals surface area contributed by atoms with Crippen molar-refractivity contribution in [3.8, 4) is 0 Å². The molecule has 0 aliphatic carbocycles. The number of amides is 1. The predicted molar refractivity (Wildman–Crippen MR) is 71.7 cm³/mol. The highest BCUT2D eigenvalue weighted by Gasteiger charge is 2.31. The van der Waals surface area contributed by atoms with Crippen LogP contribution in [0.5, 0.6) is 0 Å². The van der Waals surface area contributed by atoms with Crippen LogP contribution in [0.2, 0.25) is 0 Å². The van der Waals surface area contributed by atoms with Crippen LogP contribution >= 0.6 is 0 Å². The van der Waals surface area contributed by atoms with E-state index < -0.39 is 23.6 Å². The molecule has 0 bridgehead atoms. The molecule has 1 aliphatic heterocycles. The monoisotopic (exact) mass is 297 g/mol. The molecular formula is C15H17F2NO3. The van der Waals surface area contributed by atoms with Gasteiger partial charge in [-0.1, -0.05) is 0 Å². The number of carboxylic acids is 1. The minimum absolute atomic E-state index is 0.0237. The van der Waals surface area contributed by atoms with Crippen LogP contribution in [0.25, 0.3) is 0 Å². The number of carboxylic acid groups (broad SMARTS) is 1. The summed E-state index contributed by atoms with van der Waals surface area (Å²) in [5, 5.41) is 9.12. The van der Waals surface area contributed by atoms with E-state index in [2.05, 4.69) is 0 Å². The highest BCUT2D eigenvalue weighted by molar-refractivity contribution is 5.84. The van der Waals surface area contributed by atoms with E-state index in [1.165, 1.54) is 4.90 Å². The highest BCUT2D eigenvalue weighted by Crippen LogP contribution is 2.19. The van der Waals surface area contributed by atoms with Crippen LogP contribution in [-0.2, 0) is 16.0 Å². The van der Waals surface area contributed by atoms with Crippen molar-refractivity contribution in [2.45, 2.75) is 38.1 Å². The zero-order valence-electron chi connectivity index (χ0n) is 11.5. The minimum Gasteiger partial charge on any atom is -0.480 e. The molecule has 1 unspecified atom stereocenters. The van der Waals surface area contributed by atoms with Gasteiger partial charge in [0.25, 0.3) is 0 Å². The number of carbonyl (C=O) groups excluding carboxylic acids is 1. The summed E-state index contributed by atoms with van der Waals surface area (Å²) in [6.07, 6.45) is 2.02. The molecule has 1 fully saturated rings. The number of carbonyl (C=O) groups is 2. The molecular weight excluding hydrogens is 280 g/mol. The largest absolute Gasteiger partial charge is 0.480 e. The zero-order valence-corrected chi connectivity index (χ0v) is 11.5. The van der Waals surface area contributed by atoms with Gasteiger partial charge in [0, 0.05) is 13.0 Å². The maximum Gasteiger partial charge on any atom is 0.326 e. The molecule has 1 aromatic carbocycles. The number of aliphatic carboxylic acids is 1. The molecule has 0 saturated carbocycles. The predicted octanol–water partition coefficient (Wildman–Crippen LogP) is 2.36. The normalized spacial score (nSPS) is 18.6. The van der Waals surface area contributed by atoms with Gasteiger partial charge in [-0.05, 0) is 49.4 Å². The van der Waals surface area contributed by atoms with Gasteiger partial charge in [0.1, 0.15) is 17.7 Å². The number of nitrogens with zero attached hydrogens (tertiary/aromatic N) is 1. The summed E-state index contributed by atoms with van der Waals surface area (Å²) in [7, 11) is 0. The average Bonchev–Trinajstić information content (AvgIpc) is 2.47. The summed E-state index contributed by atoms with van der Waals surface area (Å²) < 4.78 is 26.5. The number of halogens is 2. The Kier molecular flexibility index (Phi) is 4.88. The Morgan fingerprint density at radius 1 is 1.29 bits per heavy atom. The average molecular weight is 297 g/mol. The number of aryl methyl sites for hydroxylation is 1. The van der Waals surface area contributed by atoms with Gasteiger partial charge in [-0.15, -0.1) is 0 Å². The lowest BCUT2D eigenvalue weighted by atomic mass is 10.0. The van der Waals surface area contributed by atoms with E-state index in [0.29, 0.717) is 13.0 Å². The molecule has 0 radical (unpaired) electrons. The highest BCUT2D eigenvalue weighted by atomic mass is 19.1. The van der Waals surface area contributed by atoms with Crippen LogP contribution in [0.1, 0.15) is 31.2 Å². The van der Waals surface area contributed by atoms with Crippen LogP contribution in [0, 0.1) is 11.6 Å². The van der Waals surface area contributed by atoms with Gasteiger partial charge in [0.15, 0.2) is 0 Å². The Hall–Kier alpha value is -1.98. The zero-order chi connectivity index (χ0) is 15.4. The van der Waals surface area contributed by atoms with Crippen molar-refractivity contribution in [2.24, 2.45) is 0 Å². The summed E-state index contributed by atoms with van der Waals surface area (Å²) in [4.78, 5) is 24.6. The fraction of sp³-hybridized carbons (Fsp3) is 0.467. The Morgan fingerprint density at radius 3 is 2.76 bits per heavy atom. The van der Waals surface area contributed by atoms with E-state index in [9.17, 15) is 18.4 Å². The summed E-state index contributed by atoms with van der Waals surface area (Å²) in [6, 6.07) is 2.30. The number of likely N-dealkylation sites (tertiary alicyclic amines) is 1. The molecule has 0 spiro atoms. The van der Waals surface area contributed by atoms with Gasteiger partial charge in [-0.25, -0.2) is 13.6 Å². The Bertz CT molecular complexity index is 548. The Morgan fingerprint density at radius 2 is 2.05 bits per heavy atom. The van der Waals surface area contributed by atoms with Crippen LogP contribution in [0.15, 0.2) is 18.2 Å². The quantitative estimate of drug-likeness (QED) is 0.928. The maximum atomic E-state index is 13.5. The van der Waals surface area contributed by atoms with Gasteiger partial charge in [0.05, 0.1) is 0 Å². The molecule has 4 nitrogen and oxygen atoms in total. The molecule has 1 N–H and O–H groups in total. The standard InChI is InChI=1S/C15H17F2NO3/c16-11-5-6-12(17)10(9-11)4-7-14(19)18-8-2-1-3-13(18)15(20)21/h5-6,9,13H,1-4,7-8H2,(H,20,21). The molecule has 2 rings (SSSR count). The van der Waals surface area contributed by atoms with Gasteiger partial charge in [0.2, 0.25) is 5.91 Å². The van der Waals surface area contributed by atoms with E-state index in [1.54, 1.807) is 0 Å². The van der Waals surface area contributed by atoms with Crippen molar-refractivity contribution in [1.29, 1.82) is 0 Å². The number of hydrogen-bond donors (Lipinski definition) is 1. The number of piperidine rings is 1. The van der Waals surface area contributed by atoms with Crippen LogP contribution < -0.4 is 0 Å². The first kappa shape index (κ1) is 15.4. The SMILES string of the molecule is O=C(O)C1CCCCN1C(=O)CCc1cc(F)ccc1F. The third-order valence-corrected chi connectivity index (χ3v) is 3.72. The van der Waals surface area contributed by atoms with E-state index in [0.717, 1.165) is 31.0 Å². The summed E-state index contributed by atoms with van der Waals surface area (Å²) in [6.45, 7) is 0.404. The molecule has 1 atom stereocenters. The fourth-order valence-electron chi connectivity index (χ4n) is 2.61. The van der Waals surface area contributed by atoms with E-state index in [1.807, 2.05) is 0 Å². The van der Waals surface area contributed by atoms with Gasteiger partial charge in [-0.3, -0.25) is 4.79 Å². The molecule has 1 saturated heterocycles. The van der Waals surface area contributed by atoms with Crippen LogP contribution in [0.4, 0.5) is 8.78 Å². The molecule has 1 heterocycles. The Labute approximate surface area is 121 Å². The minimum atomic E-state index is -1.01. The lowest BCUT2D eigenvalue weighted by Crippen LogP contribution is -2.48. The first-order valence-corrected chi connectivity index (χ1v) is 6.95. The number of benzene rings is 1. The maximum absolute atomic E-state index is 13.5. The van der Waals surface area contributed by atoms with Crippen LogP contribution in [0.3, 0.4) is 0 Å². The van der Waals surface area contributed by atoms with E-state index in [-0.39, 0.29) is 24.3 Å². The van der Waals surface area contributed by atoms with Crippen molar-refractivity contribution < 1.29 is 23.5 Å². The molecule has 0 aromatic heterocycles. The summed E-state index contributed by atoms with van der Waals surface area (Å²) in [5.74, 6) is -2.45.